The molecule has 0 atom stereocenters. The molecule has 0 aliphatic carbocycles. The second-order valence-electron chi connectivity index (χ2n) is 5.62. The van der Waals surface area contributed by atoms with E-state index in [1.807, 2.05) is 32.9 Å². The highest BCUT2D eigenvalue weighted by Gasteiger charge is 2.27. The topological polar surface area (TPSA) is 55.8 Å². The van der Waals surface area contributed by atoms with Gasteiger partial charge in [0.05, 0.1) is 19.6 Å². The fourth-order valence-corrected chi connectivity index (χ4v) is 2.51. The molecular formula is C15H20O4. The van der Waals surface area contributed by atoms with Gasteiger partial charge in [-0.2, -0.15) is 0 Å². The molecule has 0 fully saturated rings. The molecule has 104 valence electrons. The SMILES string of the molecule is Cc1cc2c(cc1C(C)(C)CC(=O)O)OCCCO2. The normalized spacial score (nSPS) is 14.9. The molecular weight excluding hydrogens is 244 g/mol. The van der Waals surface area contributed by atoms with Crippen LogP contribution in [0, 0.1) is 6.92 Å². The maximum Gasteiger partial charge on any atom is 0.304 e. The summed E-state index contributed by atoms with van der Waals surface area (Å²) in [6.45, 7) is 7.15. The summed E-state index contributed by atoms with van der Waals surface area (Å²) in [6, 6.07) is 3.87. The molecule has 0 saturated heterocycles. The van der Waals surface area contributed by atoms with Crippen LogP contribution in [0.5, 0.6) is 11.5 Å². The monoisotopic (exact) mass is 264 g/mol. The zero-order valence-corrected chi connectivity index (χ0v) is 11.7. The van der Waals surface area contributed by atoms with Crippen molar-refractivity contribution in [3.05, 3.63) is 23.3 Å². The van der Waals surface area contributed by atoms with Crippen molar-refractivity contribution in [2.75, 3.05) is 13.2 Å². The second kappa shape index (κ2) is 5.11. The number of rotatable bonds is 3. The van der Waals surface area contributed by atoms with Gasteiger partial charge in [0.1, 0.15) is 0 Å². The number of benzene rings is 1. The highest BCUT2D eigenvalue weighted by Crippen LogP contribution is 2.38. The first-order valence-electron chi connectivity index (χ1n) is 6.53. The Balaban J connectivity index is 2.41. The van der Waals surface area contributed by atoms with E-state index in [0.29, 0.717) is 13.2 Å². The molecule has 19 heavy (non-hydrogen) atoms. The Morgan fingerprint density at radius 1 is 1.26 bits per heavy atom. The average Bonchev–Trinajstić information content (AvgIpc) is 2.50. The van der Waals surface area contributed by atoms with E-state index in [1.165, 1.54) is 0 Å². The zero-order valence-electron chi connectivity index (χ0n) is 11.7. The van der Waals surface area contributed by atoms with Gasteiger partial charge in [-0.1, -0.05) is 13.8 Å². The second-order valence-corrected chi connectivity index (χ2v) is 5.62. The first-order chi connectivity index (χ1) is 8.90. The van der Waals surface area contributed by atoms with Gasteiger partial charge in [0.2, 0.25) is 0 Å². The van der Waals surface area contributed by atoms with Gasteiger partial charge in [-0.05, 0) is 30.2 Å². The first kappa shape index (κ1) is 13.7. The Morgan fingerprint density at radius 2 is 1.84 bits per heavy atom. The van der Waals surface area contributed by atoms with Crippen LogP contribution in [0.4, 0.5) is 0 Å². The summed E-state index contributed by atoms with van der Waals surface area (Å²) in [6.07, 6.45) is 0.953. The Bertz CT molecular complexity index is 491. The van der Waals surface area contributed by atoms with Crippen LogP contribution in [0.25, 0.3) is 0 Å². The number of aliphatic carboxylic acids is 1. The van der Waals surface area contributed by atoms with E-state index in [1.54, 1.807) is 0 Å². The van der Waals surface area contributed by atoms with Gasteiger partial charge in [0.15, 0.2) is 11.5 Å². The van der Waals surface area contributed by atoms with Crippen molar-refractivity contribution in [3.63, 3.8) is 0 Å². The number of hydrogen-bond acceptors (Lipinski definition) is 3. The highest BCUT2D eigenvalue weighted by molar-refractivity contribution is 5.69. The van der Waals surface area contributed by atoms with Crippen LogP contribution < -0.4 is 9.47 Å². The minimum Gasteiger partial charge on any atom is -0.490 e. The summed E-state index contributed by atoms with van der Waals surface area (Å²) in [4.78, 5) is 11.0. The summed E-state index contributed by atoms with van der Waals surface area (Å²) in [7, 11) is 0. The van der Waals surface area contributed by atoms with Crippen molar-refractivity contribution < 1.29 is 19.4 Å². The lowest BCUT2D eigenvalue weighted by Gasteiger charge is -2.26. The summed E-state index contributed by atoms with van der Waals surface area (Å²) >= 11 is 0. The maximum absolute atomic E-state index is 11.0. The molecule has 1 aliphatic rings. The maximum atomic E-state index is 11.0. The minimum atomic E-state index is -0.795. The smallest absolute Gasteiger partial charge is 0.304 e. The van der Waals surface area contributed by atoms with Gasteiger partial charge in [-0.15, -0.1) is 0 Å². The van der Waals surface area contributed by atoms with Crippen LogP contribution in [0.3, 0.4) is 0 Å². The Kier molecular flexibility index (Phi) is 3.69. The van der Waals surface area contributed by atoms with E-state index in [2.05, 4.69) is 0 Å². The van der Waals surface area contributed by atoms with E-state index >= 15 is 0 Å². The molecule has 1 heterocycles. The van der Waals surface area contributed by atoms with E-state index in [0.717, 1.165) is 29.0 Å². The van der Waals surface area contributed by atoms with Crippen LogP contribution in [0.2, 0.25) is 0 Å². The van der Waals surface area contributed by atoms with E-state index in [9.17, 15) is 4.79 Å². The van der Waals surface area contributed by atoms with Crippen molar-refractivity contribution in [1.82, 2.24) is 0 Å². The molecule has 1 aromatic rings. The van der Waals surface area contributed by atoms with E-state index in [-0.39, 0.29) is 6.42 Å². The van der Waals surface area contributed by atoms with Crippen LogP contribution in [0.15, 0.2) is 12.1 Å². The third-order valence-electron chi connectivity index (χ3n) is 3.42. The fourth-order valence-electron chi connectivity index (χ4n) is 2.51. The predicted octanol–water partition coefficient (Wildman–Crippen LogP) is 2.91. The third kappa shape index (κ3) is 3.00. The third-order valence-corrected chi connectivity index (χ3v) is 3.42. The molecule has 0 spiro atoms. The van der Waals surface area contributed by atoms with Gasteiger partial charge in [0, 0.05) is 11.8 Å². The number of carbonyl (C=O) groups is 1. The van der Waals surface area contributed by atoms with Crippen molar-refractivity contribution >= 4 is 5.97 Å². The van der Waals surface area contributed by atoms with Gasteiger partial charge in [0.25, 0.3) is 0 Å². The standard InChI is InChI=1S/C15H20O4/c1-10-7-12-13(19-6-4-5-18-12)8-11(10)15(2,3)9-14(16)17/h7-8H,4-6,9H2,1-3H3,(H,16,17). The molecule has 2 rings (SSSR count). The van der Waals surface area contributed by atoms with E-state index in [4.69, 9.17) is 14.6 Å². The molecule has 0 unspecified atom stereocenters. The van der Waals surface area contributed by atoms with Gasteiger partial charge < -0.3 is 14.6 Å². The minimum absolute atomic E-state index is 0.0908. The summed E-state index contributed by atoms with van der Waals surface area (Å²) < 4.78 is 11.3. The molecule has 0 radical (unpaired) electrons. The molecule has 0 amide bonds. The number of carboxylic acids is 1. The fraction of sp³-hybridized carbons (Fsp3) is 0.533. The van der Waals surface area contributed by atoms with Crippen molar-refractivity contribution in [2.45, 2.75) is 39.0 Å². The van der Waals surface area contributed by atoms with Gasteiger partial charge >= 0.3 is 5.97 Å². The Labute approximate surface area is 113 Å². The Hall–Kier alpha value is -1.71. The number of carboxylic acid groups (broad SMARTS) is 1. The lowest BCUT2D eigenvalue weighted by molar-refractivity contribution is -0.138. The molecule has 0 saturated carbocycles. The van der Waals surface area contributed by atoms with Crippen LogP contribution in [-0.4, -0.2) is 24.3 Å². The summed E-state index contributed by atoms with van der Waals surface area (Å²) in [5, 5.41) is 9.03. The molecule has 1 aromatic carbocycles. The van der Waals surface area contributed by atoms with Crippen LogP contribution >= 0.6 is 0 Å². The lowest BCUT2D eigenvalue weighted by Crippen LogP contribution is -2.23. The molecule has 4 heteroatoms. The quantitative estimate of drug-likeness (QED) is 0.912. The van der Waals surface area contributed by atoms with E-state index < -0.39 is 11.4 Å². The van der Waals surface area contributed by atoms with Crippen LogP contribution in [0.1, 0.15) is 37.8 Å². The largest absolute Gasteiger partial charge is 0.490 e. The molecule has 0 bridgehead atoms. The van der Waals surface area contributed by atoms with Crippen molar-refractivity contribution in [2.24, 2.45) is 0 Å². The number of fused-ring (bicyclic) bond motifs is 1. The van der Waals surface area contributed by atoms with Crippen molar-refractivity contribution in [1.29, 1.82) is 0 Å². The number of aryl methyl sites for hydroxylation is 1. The average molecular weight is 264 g/mol. The van der Waals surface area contributed by atoms with Gasteiger partial charge in [-0.25, -0.2) is 0 Å². The number of hydrogen-bond donors (Lipinski definition) is 1. The molecule has 1 aliphatic heterocycles. The lowest BCUT2D eigenvalue weighted by atomic mass is 9.79. The zero-order chi connectivity index (χ0) is 14.0. The highest BCUT2D eigenvalue weighted by atomic mass is 16.5. The molecule has 0 aromatic heterocycles. The number of ether oxygens (including phenoxy) is 2. The van der Waals surface area contributed by atoms with Crippen molar-refractivity contribution in [3.8, 4) is 11.5 Å². The van der Waals surface area contributed by atoms with Gasteiger partial charge in [-0.3, -0.25) is 4.79 Å². The summed E-state index contributed by atoms with van der Waals surface area (Å²) in [5.41, 5.74) is 1.61. The molecule has 4 nitrogen and oxygen atoms in total. The first-order valence-corrected chi connectivity index (χ1v) is 6.53. The predicted molar refractivity (Wildman–Crippen MR) is 72.1 cm³/mol. The van der Waals surface area contributed by atoms with Crippen LogP contribution in [-0.2, 0) is 10.2 Å². The Morgan fingerprint density at radius 3 is 2.42 bits per heavy atom. The summed E-state index contributed by atoms with van der Waals surface area (Å²) in [5.74, 6) is 0.679. The molecule has 1 N–H and O–H groups in total.